The number of benzene rings is 1. The van der Waals surface area contributed by atoms with Crippen LogP contribution >= 0.6 is 0 Å². The van der Waals surface area contributed by atoms with Crippen LogP contribution in [0, 0.1) is 13.8 Å². The molecule has 1 aromatic heterocycles. The van der Waals surface area contributed by atoms with Crippen molar-refractivity contribution in [2.24, 2.45) is 0 Å². The van der Waals surface area contributed by atoms with Crippen LogP contribution in [0.15, 0.2) is 28.8 Å². The van der Waals surface area contributed by atoms with Crippen LogP contribution in [0.3, 0.4) is 0 Å². The number of aryl methyl sites for hydroxylation is 2. The van der Waals surface area contributed by atoms with Crippen LogP contribution in [0.5, 0.6) is 5.75 Å². The molecule has 106 valence electrons. The highest BCUT2D eigenvalue weighted by Gasteiger charge is 2.08. The van der Waals surface area contributed by atoms with E-state index in [1.54, 1.807) is 20.1 Å². The number of rotatable bonds is 5. The van der Waals surface area contributed by atoms with Gasteiger partial charge in [0, 0.05) is 6.07 Å². The van der Waals surface area contributed by atoms with Crippen LogP contribution in [0.4, 0.5) is 11.5 Å². The van der Waals surface area contributed by atoms with Gasteiger partial charge >= 0.3 is 0 Å². The molecule has 0 saturated carbocycles. The van der Waals surface area contributed by atoms with Gasteiger partial charge in [-0.15, -0.1) is 0 Å². The quantitative estimate of drug-likeness (QED) is 0.876. The van der Waals surface area contributed by atoms with E-state index in [-0.39, 0.29) is 12.5 Å². The van der Waals surface area contributed by atoms with Gasteiger partial charge in [0.05, 0.1) is 19.3 Å². The Morgan fingerprint density at radius 1 is 1.35 bits per heavy atom. The Morgan fingerprint density at radius 3 is 2.80 bits per heavy atom. The summed E-state index contributed by atoms with van der Waals surface area (Å²) < 4.78 is 10.1. The number of carbonyl (C=O) groups excluding carboxylic acids is 1. The average Bonchev–Trinajstić information content (AvgIpc) is 2.82. The molecule has 6 heteroatoms. The molecular formula is C14H17N3O3. The van der Waals surface area contributed by atoms with E-state index in [4.69, 9.17) is 9.26 Å². The lowest BCUT2D eigenvalue weighted by Gasteiger charge is -2.11. The number of carbonyl (C=O) groups is 1. The number of amides is 1. The maximum absolute atomic E-state index is 11.8. The Bertz CT molecular complexity index is 607. The van der Waals surface area contributed by atoms with E-state index < -0.39 is 0 Å². The molecule has 1 aromatic carbocycles. The number of hydrogen-bond donors (Lipinski definition) is 2. The van der Waals surface area contributed by atoms with Gasteiger partial charge in [-0.3, -0.25) is 4.79 Å². The minimum absolute atomic E-state index is 0.117. The molecule has 0 radical (unpaired) electrons. The lowest BCUT2D eigenvalue weighted by Crippen LogP contribution is -2.22. The fourth-order valence-corrected chi connectivity index (χ4v) is 1.75. The van der Waals surface area contributed by atoms with Crippen molar-refractivity contribution < 1.29 is 14.1 Å². The van der Waals surface area contributed by atoms with Gasteiger partial charge < -0.3 is 19.9 Å². The second-order valence-corrected chi connectivity index (χ2v) is 4.43. The Kier molecular flexibility index (Phi) is 4.24. The highest BCUT2D eigenvalue weighted by atomic mass is 16.5. The zero-order chi connectivity index (χ0) is 14.5. The summed E-state index contributed by atoms with van der Waals surface area (Å²) in [7, 11) is 1.59. The van der Waals surface area contributed by atoms with Gasteiger partial charge in [0.1, 0.15) is 11.5 Å². The number of anilines is 2. The smallest absolute Gasteiger partial charge is 0.244 e. The fraction of sp³-hybridized carbons (Fsp3) is 0.286. The molecule has 0 unspecified atom stereocenters. The molecule has 20 heavy (non-hydrogen) atoms. The molecule has 2 N–H and O–H groups in total. The Labute approximate surface area is 117 Å². The Morgan fingerprint density at radius 2 is 2.15 bits per heavy atom. The minimum atomic E-state index is -0.207. The summed E-state index contributed by atoms with van der Waals surface area (Å²) in [6.45, 7) is 3.85. The summed E-state index contributed by atoms with van der Waals surface area (Å²) in [6, 6.07) is 7.39. The first-order valence-electron chi connectivity index (χ1n) is 6.20. The number of nitrogens with one attached hydrogen (secondary N) is 2. The largest absolute Gasteiger partial charge is 0.495 e. The first-order valence-corrected chi connectivity index (χ1v) is 6.20. The molecule has 2 aromatic rings. The first-order chi connectivity index (χ1) is 9.58. The predicted octanol–water partition coefficient (Wildman–Crippen LogP) is 2.35. The van der Waals surface area contributed by atoms with Gasteiger partial charge in [0.2, 0.25) is 5.91 Å². The highest BCUT2D eigenvalue weighted by Crippen LogP contribution is 2.24. The number of aromatic nitrogens is 1. The van der Waals surface area contributed by atoms with Gasteiger partial charge in [-0.1, -0.05) is 11.2 Å². The van der Waals surface area contributed by atoms with Crippen molar-refractivity contribution >= 4 is 17.4 Å². The zero-order valence-corrected chi connectivity index (χ0v) is 11.7. The van der Waals surface area contributed by atoms with Crippen LogP contribution in [-0.4, -0.2) is 24.7 Å². The number of methoxy groups -OCH3 is 1. The predicted molar refractivity (Wildman–Crippen MR) is 76.1 cm³/mol. The zero-order valence-electron chi connectivity index (χ0n) is 11.7. The molecule has 0 atom stereocenters. The third-order valence-electron chi connectivity index (χ3n) is 2.69. The van der Waals surface area contributed by atoms with Crippen LogP contribution in [0.2, 0.25) is 0 Å². The topological polar surface area (TPSA) is 76.4 Å². The SMILES string of the molecule is COc1ccc(C)cc1NCC(=O)Nc1cc(C)on1. The highest BCUT2D eigenvalue weighted by molar-refractivity contribution is 5.93. The molecule has 0 aliphatic carbocycles. The van der Waals surface area contributed by atoms with Crippen LogP contribution in [0.25, 0.3) is 0 Å². The van der Waals surface area contributed by atoms with Gasteiger partial charge in [-0.05, 0) is 31.5 Å². The van der Waals surface area contributed by atoms with Crippen LogP contribution in [0.1, 0.15) is 11.3 Å². The van der Waals surface area contributed by atoms with Crippen molar-refractivity contribution in [3.05, 3.63) is 35.6 Å². The monoisotopic (exact) mass is 275 g/mol. The lowest BCUT2D eigenvalue weighted by atomic mass is 10.2. The van der Waals surface area contributed by atoms with Crippen molar-refractivity contribution in [3.8, 4) is 5.75 Å². The van der Waals surface area contributed by atoms with Crippen molar-refractivity contribution in [3.63, 3.8) is 0 Å². The average molecular weight is 275 g/mol. The van der Waals surface area contributed by atoms with Crippen molar-refractivity contribution in [1.29, 1.82) is 0 Å². The maximum atomic E-state index is 11.8. The van der Waals surface area contributed by atoms with E-state index in [9.17, 15) is 4.79 Å². The molecule has 0 spiro atoms. The van der Waals surface area contributed by atoms with E-state index in [0.29, 0.717) is 17.3 Å². The normalized spacial score (nSPS) is 10.2. The second-order valence-electron chi connectivity index (χ2n) is 4.43. The summed E-state index contributed by atoms with van der Waals surface area (Å²) in [5, 5.41) is 9.37. The molecule has 0 aliphatic heterocycles. The van der Waals surface area contributed by atoms with E-state index in [2.05, 4.69) is 15.8 Å². The summed E-state index contributed by atoms with van der Waals surface area (Å²) in [6.07, 6.45) is 0. The third-order valence-corrected chi connectivity index (χ3v) is 2.69. The van der Waals surface area contributed by atoms with Crippen molar-refractivity contribution in [2.45, 2.75) is 13.8 Å². The molecule has 1 amide bonds. The second kappa shape index (κ2) is 6.10. The molecule has 0 fully saturated rings. The molecule has 0 aliphatic rings. The molecule has 0 bridgehead atoms. The van der Waals surface area contributed by atoms with Gasteiger partial charge in [0.25, 0.3) is 0 Å². The minimum Gasteiger partial charge on any atom is -0.495 e. The maximum Gasteiger partial charge on any atom is 0.244 e. The molecule has 2 rings (SSSR count). The standard InChI is InChI=1S/C14H17N3O3/c1-9-4-5-12(19-3)11(6-9)15-8-14(18)16-13-7-10(2)20-17-13/h4-7,15H,8H2,1-3H3,(H,16,17,18). The molecule has 6 nitrogen and oxygen atoms in total. The fourth-order valence-electron chi connectivity index (χ4n) is 1.75. The van der Waals surface area contributed by atoms with Crippen molar-refractivity contribution in [1.82, 2.24) is 5.16 Å². The number of ether oxygens (including phenoxy) is 1. The molecule has 1 heterocycles. The summed E-state index contributed by atoms with van der Waals surface area (Å²) in [5.74, 6) is 1.54. The lowest BCUT2D eigenvalue weighted by molar-refractivity contribution is -0.114. The Hall–Kier alpha value is -2.50. The first kappa shape index (κ1) is 13.9. The van der Waals surface area contributed by atoms with E-state index in [1.165, 1.54) is 0 Å². The van der Waals surface area contributed by atoms with E-state index >= 15 is 0 Å². The van der Waals surface area contributed by atoms with E-state index in [0.717, 1.165) is 11.3 Å². The summed E-state index contributed by atoms with van der Waals surface area (Å²) in [5.41, 5.74) is 1.86. The van der Waals surface area contributed by atoms with Crippen LogP contribution in [-0.2, 0) is 4.79 Å². The van der Waals surface area contributed by atoms with E-state index in [1.807, 2.05) is 25.1 Å². The Balaban J connectivity index is 1.94. The van der Waals surface area contributed by atoms with Gasteiger partial charge in [-0.2, -0.15) is 0 Å². The third kappa shape index (κ3) is 3.50. The van der Waals surface area contributed by atoms with Gasteiger partial charge in [0.15, 0.2) is 5.82 Å². The number of nitrogens with zero attached hydrogens (tertiary/aromatic N) is 1. The molecule has 0 saturated heterocycles. The summed E-state index contributed by atoms with van der Waals surface area (Å²) >= 11 is 0. The van der Waals surface area contributed by atoms with Crippen molar-refractivity contribution in [2.75, 3.05) is 24.3 Å². The summed E-state index contributed by atoms with van der Waals surface area (Å²) in [4.78, 5) is 11.8. The van der Waals surface area contributed by atoms with Crippen LogP contribution < -0.4 is 15.4 Å². The molecular weight excluding hydrogens is 258 g/mol. The number of hydrogen-bond acceptors (Lipinski definition) is 5. The van der Waals surface area contributed by atoms with Gasteiger partial charge in [-0.25, -0.2) is 0 Å².